The number of amides is 1. The number of hydrogen-bond donors (Lipinski definition) is 1. The quantitative estimate of drug-likeness (QED) is 0.456. The van der Waals surface area contributed by atoms with E-state index in [4.69, 9.17) is 4.74 Å². The average molecular weight is 404 g/mol. The second-order valence-corrected chi connectivity index (χ2v) is 7.64. The van der Waals surface area contributed by atoms with E-state index in [-0.39, 0.29) is 16.9 Å². The topological polar surface area (TPSA) is 70.1 Å². The van der Waals surface area contributed by atoms with E-state index >= 15 is 0 Å². The molecule has 28 heavy (non-hydrogen) atoms. The Balaban J connectivity index is 2.17. The molecule has 3 rings (SSSR count). The maximum atomic E-state index is 13.8. The Morgan fingerprint density at radius 3 is 2.68 bits per heavy atom. The normalized spacial score (nSPS) is 18.9. The first kappa shape index (κ1) is 20.0. The largest absolute Gasteiger partial charge is 0.507 e. The van der Waals surface area contributed by atoms with Crippen molar-refractivity contribution in [3.63, 3.8) is 0 Å². The summed E-state index contributed by atoms with van der Waals surface area (Å²) in [6, 6.07) is 6.55. The minimum atomic E-state index is -0.791. The first-order valence-corrected chi connectivity index (χ1v) is 9.53. The molecule has 0 unspecified atom stereocenters. The molecule has 0 bridgehead atoms. The molecule has 1 amide bonds. The van der Waals surface area contributed by atoms with Crippen molar-refractivity contribution in [1.29, 1.82) is 0 Å². The van der Waals surface area contributed by atoms with Gasteiger partial charge in [-0.25, -0.2) is 4.39 Å². The van der Waals surface area contributed by atoms with Gasteiger partial charge in [0.05, 0.1) is 24.3 Å². The van der Waals surface area contributed by atoms with Crippen LogP contribution in [-0.4, -0.2) is 60.9 Å². The summed E-state index contributed by atoms with van der Waals surface area (Å²) in [4.78, 5) is 29.6. The molecule has 6 nitrogen and oxygen atoms in total. The van der Waals surface area contributed by atoms with Crippen molar-refractivity contribution in [1.82, 2.24) is 9.80 Å². The van der Waals surface area contributed by atoms with Gasteiger partial charge in [0.1, 0.15) is 17.3 Å². The van der Waals surface area contributed by atoms with Gasteiger partial charge >= 0.3 is 0 Å². The summed E-state index contributed by atoms with van der Waals surface area (Å²) in [6.45, 7) is 0.870. The number of hydrogen-bond acceptors (Lipinski definition) is 6. The first-order valence-electron chi connectivity index (χ1n) is 8.65. The summed E-state index contributed by atoms with van der Waals surface area (Å²) in [5.74, 6) is -2.29. The molecule has 1 atom stereocenters. The zero-order chi connectivity index (χ0) is 20.4. The van der Waals surface area contributed by atoms with Gasteiger partial charge in [0.25, 0.3) is 11.7 Å². The van der Waals surface area contributed by atoms with Crippen molar-refractivity contribution in [2.75, 3.05) is 34.3 Å². The number of halogens is 1. The number of benzene rings is 1. The van der Waals surface area contributed by atoms with Gasteiger partial charge in [-0.15, -0.1) is 11.3 Å². The number of thiophene rings is 1. The van der Waals surface area contributed by atoms with Crippen molar-refractivity contribution in [2.24, 2.45) is 0 Å². The number of ketones is 1. The van der Waals surface area contributed by atoms with Crippen molar-refractivity contribution in [3.8, 4) is 5.75 Å². The van der Waals surface area contributed by atoms with Crippen molar-refractivity contribution in [2.45, 2.75) is 6.04 Å². The van der Waals surface area contributed by atoms with E-state index in [1.165, 1.54) is 35.5 Å². The maximum Gasteiger partial charge on any atom is 0.295 e. The molecule has 0 saturated carbocycles. The molecule has 1 aliphatic rings. The molecule has 0 aliphatic carbocycles. The third-order valence-corrected chi connectivity index (χ3v) is 5.48. The molecule has 2 aromatic rings. The third-order valence-electron chi connectivity index (χ3n) is 4.56. The number of rotatable bonds is 6. The lowest BCUT2D eigenvalue weighted by atomic mass is 9.99. The van der Waals surface area contributed by atoms with Crippen LogP contribution in [0.15, 0.2) is 41.3 Å². The SMILES string of the molecule is COc1ccc(F)cc1C(O)=C1C(=O)C(=O)N(CCN(C)C)[C@@H]1c1cccs1. The van der Waals surface area contributed by atoms with Gasteiger partial charge in [-0.3, -0.25) is 9.59 Å². The highest BCUT2D eigenvalue weighted by atomic mass is 32.1. The monoisotopic (exact) mass is 404 g/mol. The molecule has 1 aromatic heterocycles. The zero-order valence-electron chi connectivity index (χ0n) is 15.8. The smallest absolute Gasteiger partial charge is 0.295 e. The molecule has 1 fully saturated rings. The van der Waals surface area contributed by atoms with Crippen LogP contribution in [0.4, 0.5) is 4.39 Å². The number of ether oxygens (including phenoxy) is 1. The number of carbonyl (C=O) groups is 2. The standard InChI is InChI=1S/C20H21FN2O4S/c1-22(2)8-9-23-17(15-5-4-10-28-15)16(19(25)20(23)26)18(24)13-11-12(21)6-7-14(13)27-3/h4-7,10-11,17,24H,8-9H2,1-3H3/t17-/m1/s1. The summed E-state index contributed by atoms with van der Waals surface area (Å²) in [6.07, 6.45) is 0. The molecule has 8 heteroatoms. The fourth-order valence-corrected chi connectivity index (χ4v) is 4.02. The van der Waals surface area contributed by atoms with E-state index < -0.39 is 29.3 Å². The van der Waals surface area contributed by atoms with E-state index in [0.29, 0.717) is 13.1 Å². The Morgan fingerprint density at radius 2 is 2.07 bits per heavy atom. The lowest BCUT2D eigenvalue weighted by Gasteiger charge is -2.25. The minimum absolute atomic E-state index is 0.0367. The number of methoxy groups -OCH3 is 1. The van der Waals surface area contributed by atoms with Crippen molar-refractivity contribution >= 4 is 28.8 Å². The molecule has 1 aromatic carbocycles. The van der Waals surface area contributed by atoms with Gasteiger partial charge in [-0.1, -0.05) is 6.07 Å². The molecular weight excluding hydrogens is 383 g/mol. The van der Waals surface area contributed by atoms with Crippen LogP contribution in [0.1, 0.15) is 16.5 Å². The molecule has 148 valence electrons. The van der Waals surface area contributed by atoms with E-state index in [9.17, 15) is 19.1 Å². The summed E-state index contributed by atoms with van der Waals surface area (Å²) < 4.78 is 19.0. The number of aliphatic hydroxyl groups excluding tert-OH is 1. The van der Waals surface area contributed by atoms with Gasteiger partial charge in [0.15, 0.2) is 0 Å². The van der Waals surface area contributed by atoms with Gasteiger partial charge in [-0.2, -0.15) is 0 Å². The maximum absolute atomic E-state index is 13.8. The Labute approximate surface area is 166 Å². The Kier molecular flexibility index (Phi) is 5.81. The van der Waals surface area contributed by atoms with Crippen LogP contribution < -0.4 is 4.74 Å². The molecule has 1 aliphatic heterocycles. The lowest BCUT2D eigenvalue weighted by Crippen LogP contribution is -2.35. The van der Waals surface area contributed by atoms with E-state index in [1.54, 1.807) is 6.07 Å². The molecule has 0 spiro atoms. The van der Waals surface area contributed by atoms with Gasteiger partial charge < -0.3 is 19.6 Å². The van der Waals surface area contributed by atoms with E-state index in [2.05, 4.69) is 0 Å². The van der Waals surface area contributed by atoms with Gasteiger partial charge in [-0.05, 0) is 43.7 Å². The number of carbonyl (C=O) groups excluding carboxylic acids is 2. The van der Waals surface area contributed by atoms with Gasteiger partial charge in [0.2, 0.25) is 0 Å². The average Bonchev–Trinajstić information content (AvgIpc) is 3.27. The van der Waals surface area contributed by atoms with Crippen LogP contribution in [0, 0.1) is 5.82 Å². The number of aliphatic hydroxyl groups is 1. The van der Waals surface area contributed by atoms with E-state index in [1.807, 2.05) is 30.4 Å². The Morgan fingerprint density at radius 1 is 1.32 bits per heavy atom. The lowest BCUT2D eigenvalue weighted by molar-refractivity contribution is -0.140. The minimum Gasteiger partial charge on any atom is -0.507 e. The molecule has 2 heterocycles. The highest BCUT2D eigenvalue weighted by molar-refractivity contribution is 7.10. The molecule has 0 radical (unpaired) electrons. The number of likely N-dealkylation sites (N-methyl/N-ethyl adjacent to an activating group) is 1. The summed E-state index contributed by atoms with van der Waals surface area (Å²) in [7, 11) is 5.12. The number of nitrogens with zero attached hydrogens (tertiary/aromatic N) is 2. The molecule has 1 saturated heterocycles. The Hall–Kier alpha value is -2.71. The van der Waals surface area contributed by atoms with Crippen LogP contribution >= 0.6 is 11.3 Å². The van der Waals surface area contributed by atoms with Crippen LogP contribution in [0.2, 0.25) is 0 Å². The van der Waals surface area contributed by atoms with Crippen LogP contribution in [0.5, 0.6) is 5.75 Å². The predicted octanol–water partition coefficient (Wildman–Crippen LogP) is 2.88. The van der Waals surface area contributed by atoms with Gasteiger partial charge in [0, 0.05) is 18.0 Å². The second kappa shape index (κ2) is 8.12. The predicted molar refractivity (Wildman–Crippen MR) is 105 cm³/mol. The van der Waals surface area contributed by atoms with E-state index in [0.717, 1.165) is 10.9 Å². The van der Waals surface area contributed by atoms with Crippen LogP contribution in [0.3, 0.4) is 0 Å². The highest BCUT2D eigenvalue weighted by Crippen LogP contribution is 2.42. The molecule has 1 N–H and O–H groups in total. The Bertz CT molecular complexity index is 924. The summed E-state index contributed by atoms with van der Waals surface area (Å²) in [5, 5.41) is 12.8. The fraction of sp³-hybridized carbons (Fsp3) is 0.300. The number of likely N-dealkylation sites (tertiary alicyclic amines) is 1. The van der Waals surface area contributed by atoms with Crippen LogP contribution in [0.25, 0.3) is 5.76 Å². The summed E-state index contributed by atoms with van der Waals surface area (Å²) in [5.41, 5.74) is -0.0234. The van der Waals surface area contributed by atoms with Crippen LogP contribution in [-0.2, 0) is 9.59 Å². The first-order chi connectivity index (χ1) is 13.3. The highest BCUT2D eigenvalue weighted by Gasteiger charge is 2.46. The third kappa shape index (κ3) is 3.65. The zero-order valence-corrected chi connectivity index (χ0v) is 16.6. The number of Topliss-reactive ketones (excluding diaryl/α,β-unsaturated/α-hetero) is 1. The summed E-state index contributed by atoms with van der Waals surface area (Å²) >= 11 is 1.38. The van der Waals surface area contributed by atoms with Crippen molar-refractivity contribution < 1.29 is 23.8 Å². The fourth-order valence-electron chi connectivity index (χ4n) is 3.17. The van der Waals surface area contributed by atoms with Crippen molar-refractivity contribution in [3.05, 3.63) is 57.5 Å². The molecular formula is C20H21FN2O4S. The second-order valence-electron chi connectivity index (χ2n) is 6.66.